The summed E-state index contributed by atoms with van der Waals surface area (Å²) in [4.78, 5) is 29.5. The Balaban J connectivity index is 1.85. The summed E-state index contributed by atoms with van der Waals surface area (Å²) >= 11 is 0. The van der Waals surface area contributed by atoms with Crippen LogP contribution in [0.3, 0.4) is 0 Å². The molecule has 4 heteroatoms. The zero-order valence-corrected chi connectivity index (χ0v) is 12.1. The van der Waals surface area contributed by atoms with E-state index in [1.807, 2.05) is 30.3 Å². The van der Waals surface area contributed by atoms with Crippen LogP contribution in [0.1, 0.15) is 18.4 Å². The first kappa shape index (κ1) is 14.2. The fourth-order valence-corrected chi connectivity index (χ4v) is 2.49. The highest BCUT2D eigenvalue weighted by molar-refractivity contribution is 6.07. The van der Waals surface area contributed by atoms with Crippen molar-refractivity contribution in [3.63, 3.8) is 0 Å². The smallest absolute Gasteiger partial charge is 0.253 e. The second-order valence-corrected chi connectivity index (χ2v) is 5.16. The standard InChI is InChI=1S/C18H16N2O2/c21-17-8-2-1-5-11-20(17)18(22)10-9-15-13-19-12-14-6-3-4-7-16(14)15/h2-4,6-10,12-13H,1,5,11H2. The van der Waals surface area contributed by atoms with E-state index in [0.717, 1.165) is 29.2 Å². The van der Waals surface area contributed by atoms with Crippen LogP contribution in [0.15, 0.2) is 54.9 Å². The number of allylic oxidation sites excluding steroid dienone is 1. The van der Waals surface area contributed by atoms with Crippen LogP contribution in [-0.2, 0) is 9.59 Å². The summed E-state index contributed by atoms with van der Waals surface area (Å²) in [5, 5.41) is 2.05. The van der Waals surface area contributed by atoms with Gasteiger partial charge in [-0.15, -0.1) is 0 Å². The minimum absolute atomic E-state index is 0.247. The van der Waals surface area contributed by atoms with Gasteiger partial charge in [-0.1, -0.05) is 30.3 Å². The van der Waals surface area contributed by atoms with Gasteiger partial charge < -0.3 is 0 Å². The Bertz CT molecular complexity index is 772. The van der Waals surface area contributed by atoms with Crippen LogP contribution in [0.5, 0.6) is 0 Å². The van der Waals surface area contributed by atoms with Crippen LogP contribution in [-0.4, -0.2) is 28.2 Å². The highest BCUT2D eigenvalue weighted by Gasteiger charge is 2.18. The van der Waals surface area contributed by atoms with E-state index in [2.05, 4.69) is 4.98 Å². The molecule has 1 aromatic heterocycles. The number of fused-ring (bicyclic) bond motifs is 1. The number of carbonyl (C=O) groups excluding carboxylic acids is 2. The largest absolute Gasteiger partial charge is 0.275 e. The maximum absolute atomic E-state index is 12.2. The molecule has 2 amide bonds. The predicted molar refractivity (Wildman–Crippen MR) is 85.9 cm³/mol. The number of hydrogen-bond acceptors (Lipinski definition) is 3. The first-order chi connectivity index (χ1) is 10.8. The number of benzene rings is 1. The Labute approximate surface area is 128 Å². The van der Waals surface area contributed by atoms with Gasteiger partial charge in [0.15, 0.2) is 0 Å². The summed E-state index contributed by atoms with van der Waals surface area (Å²) in [7, 11) is 0. The van der Waals surface area contributed by atoms with Crippen molar-refractivity contribution >= 4 is 28.7 Å². The van der Waals surface area contributed by atoms with Gasteiger partial charge in [-0.2, -0.15) is 0 Å². The summed E-state index contributed by atoms with van der Waals surface area (Å²) in [5.74, 6) is -0.535. The highest BCUT2D eigenvalue weighted by atomic mass is 16.2. The Morgan fingerprint density at radius 3 is 3.00 bits per heavy atom. The number of rotatable bonds is 2. The van der Waals surface area contributed by atoms with Crippen LogP contribution in [0, 0.1) is 0 Å². The molecule has 110 valence electrons. The summed E-state index contributed by atoms with van der Waals surface area (Å²) in [6.45, 7) is 0.461. The van der Waals surface area contributed by atoms with Crippen molar-refractivity contribution in [2.45, 2.75) is 12.8 Å². The van der Waals surface area contributed by atoms with E-state index >= 15 is 0 Å². The van der Waals surface area contributed by atoms with Crippen LogP contribution in [0.2, 0.25) is 0 Å². The number of aromatic nitrogens is 1. The second-order valence-electron chi connectivity index (χ2n) is 5.16. The predicted octanol–water partition coefficient (Wildman–Crippen LogP) is 2.95. The van der Waals surface area contributed by atoms with Crippen LogP contribution < -0.4 is 0 Å². The topological polar surface area (TPSA) is 50.3 Å². The summed E-state index contributed by atoms with van der Waals surface area (Å²) < 4.78 is 0. The molecule has 0 saturated heterocycles. The fourth-order valence-electron chi connectivity index (χ4n) is 2.49. The van der Waals surface area contributed by atoms with Gasteiger partial charge in [0.1, 0.15) is 0 Å². The zero-order valence-electron chi connectivity index (χ0n) is 12.1. The average molecular weight is 292 g/mol. The number of carbonyl (C=O) groups is 2. The quantitative estimate of drug-likeness (QED) is 0.800. The molecule has 0 unspecified atom stereocenters. The number of nitrogens with zero attached hydrogens (tertiary/aromatic N) is 2. The van der Waals surface area contributed by atoms with Gasteiger partial charge in [0, 0.05) is 36.0 Å². The van der Waals surface area contributed by atoms with Gasteiger partial charge in [-0.05, 0) is 30.4 Å². The lowest BCUT2D eigenvalue weighted by atomic mass is 10.1. The third kappa shape index (κ3) is 2.96. The Hall–Kier alpha value is -2.75. The molecule has 22 heavy (non-hydrogen) atoms. The van der Waals surface area contributed by atoms with E-state index in [-0.39, 0.29) is 11.8 Å². The monoisotopic (exact) mass is 292 g/mol. The molecule has 0 fully saturated rings. The lowest BCUT2D eigenvalue weighted by Gasteiger charge is -2.15. The van der Waals surface area contributed by atoms with Crippen molar-refractivity contribution in [2.24, 2.45) is 0 Å². The number of hydrogen-bond donors (Lipinski definition) is 0. The Morgan fingerprint density at radius 1 is 1.23 bits per heavy atom. The van der Waals surface area contributed by atoms with Crippen molar-refractivity contribution in [2.75, 3.05) is 6.54 Å². The van der Waals surface area contributed by atoms with Gasteiger partial charge in [0.05, 0.1) is 0 Å². The van der Waals surface area contributed by atoms with Crippen molar-refractivity contribution in [1.29, 1.82) is 0 Å². The molecule has 1 aromatic carbocycles. The van der Waals surface area contributed by atoms with Crippen LogP contribution >= 0.6 is 0 Å². The number of amides is 2. The lowest BCUT2D eigenvalue weighted by Crippen LogP contribution is -2.34. The van der Waals surface area contributed by atoms with E-state index in [1.165, 1.54) is 17.1 Å². The normalized spacial score (nSPS) is 15.5. The molecule has 0 atom stereocenters. The Kier molecular flexibility index (Phi) is 4.10. The summed E-state index contributed by atoms with van der Waals surface area (Å²) in [6.07, 6.45) is 11.6. The molecule has 0 aliphatic carbocycles. The van der Waals surface area contributed by atoms with E-state index in [1.54, 1.807) is 18.5 Å². The second kappa shape index (κ2) is 6.35. The van der Waals surface area contributed by atoms with E-state index in [9.17, 15) is 9.59 Å². The minimum atomic E-state index is -0.288. The molecule has 0 spiro atoms. The molecule has 2 heterocycles. The lowest BCUT2D eigenvalue weighted by molar-refractivity contribution is -0.138. The third-order valence-electron chi connectivity index (χ3n) is 3.65. The maximum atomic E-state index is 12.2. The molecular formula is C18H16N2O2. The van der Waals surface area contributed by atoms with Crippen LogP contribution in [0.25, 0.3) is 16.8 Å². The summed E-state index contributed by atoms with van der Waals surface area (Å²) in [6, 6.07) is 7.86. The molecular weight excluding hydrogens is 276 g/mol. The van der Waals surface area contributed by atoms with Crippen molar-refractivity contribution in [1.82, 2.24) is 9.88 Å². The molecule has 3 rings (SSSR count). The van der Waals surface area contributed by atoms with E-state index < -0.39 is 0 Å². The average Bonchev–Trinajstić information content (AvgIpc) is 2.77. The van der Waals surface area contributed by atoms with Crippen molar-refractivity contribution in [3.05, 3.63) is 60.5 Å². The zero-order chi connectivity index (χ0) is 15.4. The molecule has 0 saturated carbocycles. The van der Waals surface area contributed by atoms with E-state index in [4.69, 9.17) is 0 Å². The summed E-state index contributed by atoms with van der Waals surface area (Å²) in [5.41, 5.74) is 0.865. The Morgan fingerprint density at radius 2 is 2.09 bits per heavy atom. The van der Waals surface area contributed by atoms with Gasteiger partial charge in [-0.3, -0.25) is 19.5 Å². The van der Waals surface area contributed by atoms with E-state index in [0.29, 0.717) is 6.54 Å². The third-order valence-corrected chi connectivity index (χ3v) is 3.65. The van der Waals surface area contributed by atoms with Gasteiger partial charge in [0.2, 0.25) is 0 Å². The van der Waals surface area contributed by atoms with Crippen molar-refractivity contribution < 1.29 is 9.59 Å². The molecule has 1 aliphatic heterocycles. The molecule has 0 radical (unpaired) electrons. The first-order valence-corrected chi connectivity index (χ1v) is 7.28. The number of pyridine rings is 1. The molecule has 2 aromatic rings. The SMILES string of the molecule is O=C1C=CCCCN1C(=O)C=Cc1cncc2ccccc12. The maximum Gasteiger partial charge on any atom is 0.253 e. The highest BCUT2D eigenvalue weighted by Crippen LogP contribution is 2.18. The van der Waals surface area contributed by atoms with Gasteiger partial charge in [-0.25, -0.2) is 0 Å². The molecule has 4 nitrogen and oxygen atoms in total. The minimum Gasteiger partial charge on any atom is -0.275 e. The van der Waals surface area contributed by atoms with Crippen LogP contribution in [0.4, 0.5) is 0 Å². The van der Waals surface area contributed by atoms with Gasteiger partial charge in [0.25, 0.3) is 11.8 Å². The van der Waals surface area contributed by atoms with Gasteiger partial charge >= 0.3 is 0 Å². The number of imide groups is 1. The fraction of sp³-hybridized carbons (Fsp3) is 0.167. The molecule has 1 aliphatic rings. The van der Waals surface area contributed by atoms with Crippen molar-refractivity contribution in [3.8, 4) is 0 Å². The molecule has 0 N–H and O–H groups in total. The first-order valence-electron chi connectivity index (χ1n) is 7.28. The molecule has 0 bridgehead atoms.